The van der Waals surface area contributed by atoms with Crippen LogP contribution in [0.3, 0.4) is 0 Å². The predicted molar refractivity (Wildman–Crippen MR) is 109 cm³/mol. The van der Waals surface area contributed by atoms with Gasteiger partial charge in [0.1, 0.15) is 5.75 Å². The Morgan fingerprint density at radius 1 is 1.04 bits per heavy atom. The number of ether oxygens (including phenoxy) is 3. The summed E-state index contributed by atoms with van der Waals surface area (Å²) < 4.78 is 15.9. The molecular weight excluding hydrogens is 388 g/mol. The molecule has 1 unspecified atom stereocenters. The Morgan fingerprint density at radius 2 is 1.74 bits per heavy atom. The van der Waals surface area contributed by atoms with Crippen LogP contribution >= 0.6 is 23.4 Å². The summed E-state index contributed by atoms with van der Waals surface area (Å²) in [6.45, 7) is 0. The minimum Gasteiger partial charge on any atom is -0.495 e. The molecule has 2 N–H and O–H groups in total. The number of rotatable bonds is 6. The third-order valence-corrected chi connectivity index (χ3v) is 5.15. The first-order valence-corrected chi connectivity index (χ1v) is 9.31. The summed E-state index contributed by atoms with van der Waals surface area (Å²) in [7, 11) is 4.73. The second-order valence-electron chi connectivity index (χ2n) is 5.58. The Bertz CT molecular complexity index is 888. The van der Waals surface area contributed by atoms with Crippen molar-refractivity contribution >= 4 is 41.0 Å². The fourth-order valence-corrected chi connectivity index (χ4v) is 3.74. The van der Waals surface area contributed by atoms with Crippen LogP contribution in [-0.4, -0.2) is 32.7 Å². The van der Waals surface area contributed by atoms with Crippen molar-refractivity contribution in [2.24, 2.45) is 0 Å². The zero-order valence-electron chi connectivity index (χ0n) is 15.0. The Morgan fingerprint density at radius 3 is 2.44 bits per heavy atom. The molecule has 6 nitrogen and oxygen atoms in total. The van der Waals surface area contributed by atoms with Gasteiger partial charge in [-0.05, 0) is 42.0 Å². The van der Waals surface area contributed by atoms with Crippen molar-refractivity contribution in [1.82, 2.24) is 5.32 Å². The molecule has 27 heavy (non-hydrogen) atoms. The highest BCUT2D eigenvalue weighted by Gasteiger charge is 2.28. The quantitative estimate of drug-likeness (QED) is 0.707. The highest BCUT2D eigenvalue weighted by atomic mass is 35.5. The van der Waals surface area contributed by atoms with E-state index >= 15 is 0 Å². The van der Waals surface area contributed by atoms with E-state index in [1.807, 2.05) is 12.1 Å². The van der Waals surface area contributed by atoms with Crippen LogP contribution in [0.4, 0.5) is 5.69 Å². The molecule has 3 rings (SSSR count). The lowest BCUT2D eigenvalue weighted by atomic mass is 10.2. The van der Waals surface area contributed by atoms with Gasteiger partial charge in [-0.2, -0.15) is 0 Å². The van der Waals surface area contributed by atoms with E-state index < -0.39 is 0 Å². The molecule has 0 bridgehead atoms. The van der Waals surface area contributed by atoms with E-state index in [9.17, 15) is 4.79 Å². The summed E-state index contributed by atoms with van der Waals surface area (Å²) in [5.41, 5.74) is 1.21. The Balaban J connectivity index is 1.78. The number of hydrogen-bond acceptors (Lipinski definition) is 6. The molecule has 1 fully saturated rings. The standard InChI is InChI=1S/C19H19ClN2O4S/c1-24-14-7-5-12(20)10-13(14)21-19-22-18(23)17(27-19)9-11-4-6-15(25-2)16(8-11)26-3/h4-10,19,21H,1-3H3,(H,22,23)/b17-9-. The smallest absolute Gasteiger partial charge is 0.260 e. The summed E-state index contributed by atoms with van der Waals surface area (Å²) in [5.74, 6) is 1.73. The van der Waals surface area contributed by atoms with Gasteiger partial charge in [0.2, 0.25) is 0 Å². The zero-order valence-corrected chi connectivity index (χ0v) is 16.6. The first-order chi connectivity index (χ1) is 13.0. The van der Waals surface area contributed by atoms with E-state index in [-0.39, 0.29) is 11.4 Å². The van der Waals surface area contributed by atoms with Crippen LogP contribution in [0.25, 0.3) is 6.08 Å². The fourth-order valence-electron chi connectivity index (χ4n) is 2.59. The summed E-state index contributed by atoms with van der Waals surface area (Å²) in [5, 5.41) is 6.69. The second kappa shape index (κ2) is 8.45. The van der Waals surface area contributed by atoms with E-state index in [1.165, 1.54) is 11.8 Å². The number of carbonyl (C=O) groups is 1. The van der Waals surface area contributed by atoms with Gasteiger partial charge in [-0.25, -0.2) is 0 Å². The molecule has 1 aliphatic heterocycles. The van der Waals surface area contributed by atoms with E-state index in [2.05, 4.69) is 10.6 Å². The zero-order chi connectivity index (χ0) is 19.4. The number of amides is 1. The maximum Gasteiger partial charge on any atom is 0.260 e. The monoisotopic (exact) mass is 406 g/mol. The third kappa shape index (κ3) is 4.43. The molecule has 8 heteroatoms. The van der Waals surface area contributed by atoms with Crippen LogP contribution in [-0.2, 0) is 4.79 Å². The number of methoxy groups -OCH3 is 3. The number of benzene rings is 2. The highest BCUT2D eigenvalue weighted by molar-refractivity contribution is 8.05. The van der Waals surface area contributed by atoms with Crippen molar-refractivity contribution in [1.29, 1.82) is 0 Å². The van der Waals surface area contributed by atoms with E-state index in [1.54, 1.807) is 51.7 Å². The van der Waals surface area contributed by atoms with Crippen LogP contribution in [0.2, 0.25) is 5.02 Å². The summed E-state index contributed by atoms with van der Waals surface area (Å²) >= 11 is 7.43. The van der Waals surface area contributed by atoms with Gasteiger partial charge in [0.25, 0.3) is 5.91 Å². The minimum atomic E-state index is -0.337. The fraction of sp³-hybridized carbons (Fsp3) is 0.211. The van der Waals surface area contributed by atoms with Crippen LogP contribution in [0.1, 0.15) is 5.56 Å². The van der Waals surface area contributed by atoms with Gasteiger partial charge in [-0.1, -0.05) is 29.4 Å². The van der Waals surface area contributed by atoms with Crippen molar-refractivity contribution in [2.75, 3.05) is 26.6 Å². The van der Waals surface area contributed by atoms with Crippen LogP contribution in [0.5, 0.6) is 17.2 Å². The molecule has 0 aromatic heterocycles. The molecule has 1 atom stereocenters. The topological polar surface area (TPSA) is 68.8 Å². The van der Waals surface area contributed by atoms with Gasteiger partial charge < -0.3 is 24.8 Å². The number of carbonyl (C=O) groups excluding carboxylic acids is 1. The minimum absolute atomic E-state index is 0.159. The highest BCUT2D eigenvalue weighted by Crippen LogP contribution is 2.35. The molecule has 1 heterocycles. The SMILES string of the molecule is COc1ccc(Cl)cc1NC1NC(=O)/C(=C/c2ccc(OC)c(OC)c2)S1. The molecule has 0 spiro atoms. The molecule has 1 aliphatic rings. The Kier molecular flexibility index (Phi) is 6.03. The normalized spacial score (nSPS) is 17.6. The van der Waals surface area contributed by atoms with Gasteiger partial charge in [0.05, 0.1) is 31.9 Å². The number of hydrogen-bond donors (Lipinski definition) is 2. The van der Waals surface area contributed by atoms with E-state index in [4.69, 9.17) is 25.8 Å². The van der Waals surface area contributed by atoms with Crippen molar-refractivity contribution in [2.45, 2.75) is 5.50 Å². The second-order valence-corrected chi connectivity index (χ2v) is 7.17. The maximum atomic E-state index is 12.3. The molecule has 1 amide bonds. The maximum absolute atomic E-state index is 12.3. The molecule has 2 aromatic rings. The first kappa shape index (κ1) is 19.3. The van der Waals surface area contributed by atoms with Gasteiger partial charge in [0.15, 0.2) is 17.0 Å². The molecule has 0 aliphatic carbocycles. The molecule has 142 valence electrons. The largest absolute Gasteiger partial charge is 0.495 e. The van der Waals surface area contributed by atoms with Crippen molar-refractivity contribution < 1.29 is 19.0 Å². The molecule has 0 saturated carbocycles. The Labute approximate surface area is 166 Å². The number of nitrogens with one attached hydrogen (secondary N) is 2. The lowest BCUT2D eigenvalue weighted by Gasteiger charge is -2.15. The van der Waals surface area contributed by atoms with E-state index in [0.717, 1.165) is 5.56 Å². The number of halogens is 1. The summed E-state index contributed by atoms with van der Waals surface area (Å²) in [6.07, 6.45) is 1.80. The first-order valence-electron chi connectivity index (χ1n) is 8.05. The van der Waals surface area contributed by atoms with Crippen LogP contribution < -0.4 is 24.8 Å². The van der Waals surface area contributed by atoms with Gasteiger partial charge in [-0.15, -0.1) is 0 Å². The summed E-state index contributed by atoms with van der Waals surface area (Å²) in [6, 6.07) is 10.8. The molecule has 2 aromatic carbocycles. The van der Waals surface area contributed by atoms with Gasteiger partial charge in [-0.3, -0.25) is 4.79 Å². The molecule has 1 saturated heterocycles. The van der Waals surface area contributed by atoms with Crippen molar-refractivity contribution in [3.8, 4) is 17.2 Å². The van der Waals surface area contributed by atoms with Crippen LogP contribution in [0, 0.1) is 0 Å². The molecule has 0 radical (unpaired) electrons. The van der Waals surface area contributed by atoms with E-state index in [0.29, 0.717) is 32.9 Å². The average Bonchev–Trinajstić information content (AvgIpc) is 3.00. The van der Waals surface area contributed by atoms with Crippen LogP contribution in [0.15, 0.2) is 41.3 Å². The number of anilines is 1. The Hall–Kier alpha value is -2.51. The van der Waals surface area contributed by atoms with Crippen molar-refractivity contribution in [3.63, 3.8) is 0 Å². The number of thioether (sulfide) groups is 1. The lowest BCUT2D eigenvalue weighted by Crippen LogP contribution is -2.31. The van der Waals surface area contributed by atoms with Crippen molar-refractivity contribution in [3.05, 3.63) is 51.9 Å². The van der Waals surface area contributed by atoms with Gasteiger partial charge in [0, 0.05) is 5.02 Å². The lowest BCUT2D eigenvalue weighted by molar-refractivity contribution is -0.116. The average molecular weight is 407 g/mol. The third-order valence-electron chi connectivity index (χ3n) is 3.88. The predicted octanol–water partition coefficient (Wildman–Crippen LogP) is 3.97. The van der Waals surface area contributed by atoms with Gasteiger partial charge >= 0.3 is 0 Å². The summed E-state index contributed by atoms with van der Waals surface area (Å²) in [4.78, 5) is 12.9. The molecular formula is C19H19ClN2O4S.